The van der Waals surface area contributed by atoms with E-state index in [0.717, 1.165) is 0 Å². The van der Waals surface area contributed by atoms with Crippen LogP contribution in [0.5, 0.6) is 0 Å². The summed E-state index contributed by atoms with van der Waals surface area (Å²) >= 11 is 5.53. The second kappa shape index (κ2) is 4.97. The Balaban J connectivity index is 0.000000128. The number of hydrogen-bond acceptors (Lipinski definition) is 6. The van der Waals surface area contributed by atoms with Crippen LogP contribution in [0.4, 0.5) is 0 Å². The lowest BCUT2D eigenvalue weighted by Gasteiger charge is -2.41. The highest BCUT2D eigenvalue weighted by atomic mass is 35.5. The van der Waals surface area contributed by atoms with Crippen LogP contribution in [0.3, 0.4) is 0 Å². The van der Waals surface area contributed by atoms with Crippen molar-refractivity contribution in [3.8, 4) is 0 Å². The second-order valence-corrected chi connectivity index (χ2v) is 5.13. The Labute approximate surface area is 104 Å². The van der Waals surface area contributed by atoms with Gasteiger partial charge in [0.2, 0.25) is 0 Å². The van der Waals surface area contributed by atoms with Crippen LogP contribution in [0.15, 0.2) is 0 Å². The molecule has 2 bridgehead atoms. The van der Waals surface area contributed by atoms with Crippen LogP contribution >= 0.6 is 11.6 Å². The fraction of sp³-hybridized carbons (Fsp3) is 1.00. The highest BCUT2D eigenvalue weighted by Crippen LogP contribution is 2.50. The Morgan fingerprint density at radius 2 is 2.00 bits per heavy atom. The van der Waals surface area contributed by atoms with Gasteiger partial charge in [0.15, 0.2) is 5.06 Å². The van der Waals surface area contributed by atoms with Crippen LogP contribution in [0.1, 0.15) is 6.42 Å². The van der Waals surface area contributed by atoms with Crippen LogP contribution in [0.25, 0.3) is 0 Å². The molecule has 0 radical (unpaired) electrons. The van der Waals surface area contributed by atoms with Gasteiger partial charge in [0.1, 0.15) is 12.2 Å². The number of rotatable bonds is 1. The first kappa shape index (κ1) is 13.5. The van der Waals surface area contributed by atoms with Gasteiger partial charge >= 0.3 is 0 Å². The average molecular weight is 269 g/mol. The number of aliphatic hydroxyl groups excluding tert-OH is 3. The Bertz CT molecular complexity index is 260. The van der Waals surface area contributed by atoms with Crippen molar-refractivity contribution in [2.75, 3.05) is 19.8 Å². The molecule has 6 nitrogen and oxygen atoms in total. The van der Waals surface area contributed by atoms with Gasteiger partial charge in [0.25, 0.3) is 0 Å². The molecule has 100 valence electrons. The first-order valence-corrected chi connectivity index (χ1v) is 5.97. The zero-order valence-corrected chi connectivity index (χ0v) is 9.95. The quantitative estimate of drug-likeness (QED) is 0.429. The topological polar surface area (TPSA) is 99.4 Å². The number of halogens is 1. The predicted molar refractivity (Wildman–Crippen MR) is 57.5 cm³/mol. The Morgan fingerprint density at radius 1 is 1.29 bits per heavy atom. The molecule has 1 aliphatic carbocycles. The summed E-state index contributed by atoms with van der Waals surface area (Å²) in [4.78, 5) is 0. The summed E-state index contributed by atoms with van der Waals surface area (Å²) in [7, 11) is 0. The fourth-order valence-electron chi connectivity index (χ4n) is 2.23. The van der Waals surface area contributed by atoms with Gasteiger partial charge in [-0.2, -0.15) is 0 Å². The summed E-state index contributed by atoms with van der Waals surface area (Å²) < 4.78 is 9.84. The molecule has 1 saturated carbocycles. The smallest absolute Gasteiger partial charge is 0.174 e. The van der Waals surface area contributed by atoms with Crippen molar-refractivity contribution in [3.63, 3.8) is 0 Å². The maximum atomic E-state index is 9.16. The van der Waals surface area contributed by atoms with Crippen LogP contribution in [-0.4, -0.2) is 69.7 Å². The molecule has 3 saturated heterocycles. The SMILES string of the molecule is OC[C@H]1OCC[C@@H]1O.O[C@H]1C2CO[C@@H]1C2(O)Cl. The predicted octanol–water partition coefficient (Wildman–Crippen LogP) is -1.57. The third-order valence-electron chi connectivity index (χ3n) is 3.45. The van der Waals surface area contributed by atoms with Crippen molar-refractivity contribution in [1.29, 1.82) is 0 Å². The van der Waals surface area contributed by atoms with Crippen LogP contribution < -0.4 is 0 Å². The second-order valence-electron chi connectivity index (χ2n) is 4.53. The van der Waals surface area contributed by atoms with Gasteiger partial charge in [-0.15, -0.1) is 0 Å². The monoisotopic (exact) mass is 268 g/mol. The first-order chi connectivity index (χ1) is 7.98. The molecule has 4 N–H and O–H groups in total. The summed E-state index contributed by atoms with van der Waals surface area (Å²) in [5.74, 6) is -0.274. The molecule has 3 heterocycles. The summed E-state index contributed by atoms with van der Waals surface area (Å²) in [6.07, 6.45) is -1.21. The van der Waals surface area contributed by atoms with E-state index in [9.17, 15) is 0 Å². The van der Waals surface area contributed by atoms with E-state index in [4.69, 9.17) is 41.5 Å². The fourth-order valence-corrected chi connectivity index (χ4v) is 2.62. The van der Waals surface area contributed by atoms with Gasteiger partial charge in [0, 0.05) is 6.61 Å². The molecule has 0 aromatic heterocycles. The number of fused-ring (bicyclic) bond motifs is 1. The average Bonchev–Trinajstić information content (AvgIpc) is 2.93. The molecule has 0 aromatic carbocycles. The van der Waals surface area contributed by atoms with Crippen molar-refractivity contribution < 1.29 is 29.9 Å². The molecule has 4 rings (SSSR count). The van der Waals surface area contributed by atoms with E-state index >= 15 is 0 Å². The maximum Gasteiger partial charge on any atom is 0.174 e. The van der Waals surface area contributed by atoms with Crippen molar-refractivity contribution in [2.45, 2.75) is 35.9 Å². The largest absolute Gasteiger partial charge is 0.394 e. The van der Waals surface area contributed by atoms with E-state index in [1.165, 1.54) is 0 Å². The molecule has 17 heavy (non-hydrogen) atoms. The minimum Gasteiger partial charge on any atom is -0.394 e. The summed E-state index contributed by atoms with van der Waals surface area (Å²) in [5, 5.41) is 34.3. The summed E-state index contributed by atoms with van der Waals surface area (Å²) in [5.41, 5.74) is 0. The van der Waals surface area contributed by atoms with E-state index in [1.807, 2.05) is 0 Å². The molecule has 7 heteroatoms. The number of aliphatic hydroxyl groups is 4. The molecular formula is C10H17ClO6. The van der Waals surface area contributed by atoms with Gasteiger partial charge in [-0.25, -0.2) is 0 Å². The van der Waals surface area contributed by atoms with E-state index in [0.29, 0.717) is 19.6 Å². The Morgan fingerprint density at radius 3 is 2.18 bits per heavy atom. The Hall–Kier alpha value is 0.0500. The first-order valence-electron chi connectivity index (χ1n) is 5.60. The van der Waals surface area contributed by atoms with Gasteiger partial charge in [-0.3, -0.25) is 0 Å². The molecule has 6 atom stereocenters. The zero-order valence-electron chi connectivity index (χ0n) is 9.20. The van der Waals surface area contributed by atoms with Crippen LogP contribution in [0.2, 0.25) is 0 Å². The molecule has 4 aliphatic rings. The van der Waals surface area contributed by atoms with Gasteiger partial charge in [0.05, 0.1) is 31.3 Å². The molecule has 0 aromatic rings. The van der Waals surface area contributed by atoms with Gasteiger partial charge in [-0.05, 0) is 6.42 Å². The molecule has 3 aliphatic heterocycles. The summed E-state index contributed by atoms with van der Waals surface area (Å²) in [6.45, 7) is 0.888. The van der Waals surface area contributed by atoms with E-state index in [-0.39, 0.29) is 18.6 Å². The number of hydrogen-bond donors (Lipinski definition) is 4. The third kappa shape index (κ3) is 2.31. The highest BCUT2D eigenvalue weighted by molar-refractivity contribution is 6.24. The van der Waals surface area contributed by atoms with Gasteiger partial charge < -0.3 is 29.9 Å². The molecule has 0 spiro atoms. The van der Waals surface area contributed by atoms with Crippen molar-refractivity contribution in [3.05, 3.63) is 0 Å². The lowest BCUT2D eigenvalue weighted by Crippen LogP contribution is -2.61. The molecular weight excluding hydrogens is 252 g/mol. The standard InChI is InChI=1S/C5H7ClO3.C5H10O3/c6-5(8)2-1-9-4(5)3(2)7;6-3-5-4(7)1-2-8-5/h2-4,7-8H,1H2;4-7H,1-3H2/t2?,3-,4-,5?;4-,5+/m00/s1. The molecule has 0 amide bonds. The minimum absolute atomic E-state index is 0.0683. The highest BCUT2D eigenvalue weighted by Gasteiger charge is 2.66. The van der Waals surface area contributed by atoms with E-state index < -0.39 is 23.4 Å². The van der Waals surface area contributed by atoms with Crippen molar-refractivity contribution in [1.82, 2.24) is 0 Å². The molecule has 2 unspecified atom stereocenters. The number of alkyl halides is 1. The van der Waals surface area contributed by atoms with Crippen molar-refractivity contribution in [2.24, 2.45) is 5.92 Å². The molecule has 4 fully saturated rings. The lowest BCUT2D eigenvalue weighted by atomic mass is 9.79. The maximum absolute atomic E-state index is 9.16. The van der Waals surface area contributed by atoms with Gasteiger partial charge in [-0.1, -0.05) is 11.6 Å². The lowest BCUT2D eigenvalue weighted by molar-refractivity contribution is -0.140. The Kier molecular flexibility index (Phi) is 3.94. The van der Waals surface area contributed by atoms with E-state index in [2.05, 4.69) is 0 Å². The van der Waals surface area contributed by atoms with Crippen molar-refractivity contribution >= 4 is 11.6 Å². The van der Waals surface area contributed by atoms with Crippen LogP contribution in [-0.2, 0) is 9.47 Å². The normalized spacial score (nSPS) is 51.7. The third-order valence-corrected chi connectivity index (χ3v) is 3.95. The van der Waals surface area contributed by atoms with E-state index in [1.54, 1.807) is 0 Å². The van der Waals surface area contributed by atoms with Crippen LogP contribution in [0, 0.1) is 5.92 Å². The minimum atomic E-state index is -1.28. The summed E-state index contributed by atoms with van der Waals surface area (Å²) in [6, 6.07) is 0. The zero-order chi connectivity index (χ0) is 12.6. The number of ether oxygens (including phenoxy) is 2.